The SMILES string of the molecule is [CH2]N(CCC)C1COCCN1. The third-order valence-corrected chi connectivity index (χ3v) is 1.85. The summed E-state index contributed by atoms with van der Waals surface area (Å²) in [5.74, 6) is 0. The van der Waals surface area contributed by atoms with E-state index < -0.39 is 0 Å². The molecule has 1 aliphatic heterocycles. The van der Waals surface area contributed by atoms with Gasteiger partial charge in [-0.2, -0.15) is 0 Å². The van der Waals surface area contributed by atoms with E-state index in [1.54, 1.807) is 0 Å². The second-order valence-corrected chi connectivity index (χ2v) is 2.86. The summed E-state index contributed by atoms with van der Waals surface area (Å²) in [6.07, 6.45) is 1.46. The molecule has 1 heterocycles. The van der Waals surface area contributed by atoms with E-state index in [9.17, 15) is 0 Å². The van der Waals surface area contributed by atoms with Crippen molar-refractivity contribution in [2.45, 2.75) is 19.5 Å². The zero-order valence-corrected chi connectivity index (χ0v) is 7.18. The zero-order chi connectivity index (χ0) is 8.10. The van der Waals surface area contributed by atoms with Crippen LogP contribution in [0.3, 0.4) is 0 Å². The maximum Gasteiger partial charge on any atom is 0.0839 e. The van der Waals surface area contributed by atoms with Crippen molar-refractivity contribution in [3.63, 3.8) is 0 Å². The molecular weight excluding hydrogens is 140 g/mol. The first-order valence-electron chi connectivity index (χ1n) is 4.23. The predicted molar refractivity (Wildman–Crippen MR) is 45.0 cm³/mol. The summed E-state index contributed by atoms with van der Waals surface area (Å²) >= 11 is 0. The Bertz CT molecular complexity index is 102. The molecule has 1 radical (unpaired) electrons. The molecule has 0 aromatic rings. The van der Waals surface area contributed by atoms with Gasteiger partial charge in [0, 0.05) is 13.6 Å². The molecule has 1 aliphatic rings. The van der Waals surface area contributed by atoms with Gasteiger partial charge in [0.25, 0.3) is 0 Å². The Kier molecular flexibility index (Phi) is 3.83. The summed E-state index contributed by atoms with van der Waals surface area (Å²) in [5.41, 5.74) is 0. The van der Waals surface area contributed by atoms with Crippen molar-refractivity contribution < 1.29 is 4.74 Å². The highest BCUT2D eigenvalue weighted by atomic mass is 16.5. The van der Waals surface area contributed by atoms with Crippen molar-refractivity contribution in [2.24, 2.45) is 0 Å². The summed E-state index contributed by atoms with van der Waals surface area (Å²) in [6, 6.07) is 0. The van der Waals surface area contributed by atoms with E-state index in [2.05, 4.69) is 24.2 Å². The van der Waals surface area contributed by atoms with E-state index >= 15 is 0 Å². The van der Waals surface area contributed by atoms with Crippen LogP contribution in [-0.4, -0.2) is 37.4 Å². The third kappa shape index (κ3) is 2.77. The van der Waals surface area contributed by atoms with Gasteiger partial charge in [0.05, 0.1) is 19.4 Å². The molecule has 0 bridgehead atoms. The number of hydrogen-bond donors (Lipinski definition) is 1. The second-order valence-electron chi connectivity index (χ2n) is 2.86. The number of rotatable bonds is 3. The van der Waals surface area contributed by atoms with Crippen LogP contribution in [0.4, 0.5) is 0 Å². The average molecular weight is 157 g/mol. The fourth-order valence-corrected chi connectivity index (χ4v) is 1.23. The van der Waals surface area contributed by atoms with E-state index in [0.29, 0.717) is 6.17 Å². The molecule has 1 rings (SSSR count). The fourth-order valence-electron chi connectivity index (χ4n) is 1.23. The topological polar surface area (TPSA) is 24.5 Å². The quantitative estimate of drug-likeness (QED) is 0.643. The van der Waals surface area contributed by atoms with Gasteiger partial charge in [0.15, 0.2) is 0 Å². The van der Waals surface area contributed by atoms with Crippen LogP contribution < -0.4 is 5.32 Å². The number of ether oxygens (including phenoxy) is 1. The van der Waals surface area contributed by atoms with Crippen LogP contribution in [0.5, 0.6) is 0 Å². The van der Waals surface area contributed by atoms with Crippen LogP contribution >= 0.6 is 0 Å². The van der Waals surface area contributed by atoms with E-state index in [0.717, 1.165) is 32.7 Å². The van der Waals surface area contributed by atoms with E-state index in [4.69, 9.17) is 4.74 Å². The van der Waals surface area contributed by atoms with Crippen molar-refractivity contribution in [3.8, 4) is 0 Å². The molecule has 1 atom stereocenters. The molecule has 0 aliphatic carbocycles. The van der Waals surface area contributed by atoms with Gasteiger partial charge in [-0.3, -0.25) is 10.2 Å². The molecule has 65 valence electrons. The van der Waals surface area contributed by atoms with Crippen molar-refractivity contribution >= 4 is 0 Å². The Morgan fingerprint density at radius 2 is 2.55 bits per heavy atom. The summed E-state index contributed by atoms with van der Waals surface area (Å²) < 4.78 is 5.31. The summed E-state index contributed by atoms with van der Waals surface area (Å²) in [5, 5.41) is 3.34. The number of nitrogens with one attached hydrogen (secondary N) is 1. The molecule has 0 aromatic heterocycles. The first-order valence-corrected chi connectivity index (χ1v) is 4.23. The van der Waals surface area contributed by atoms with E-state index in [1.807, 2.05) is 0 Å². The number of morpholine rings is 1. The lowest BCUT2D eigenvalue weighted by molar-refractivity contribution is 0.0260. The second kappa shape index (κ2) is 4.70. The lowest BCUT2D eigenvalue weighted by Crippen LogP contribution is -2.50. The van der Waals surface area contributed by atoms with Crippen molar-refractivity contribution in [1.29, 1.82) is 0 Å². The van der Waals surface area contributed by atoms with E-state index in [1.165, 1.54) is 0 Å². The zero-order valence-electron chi connectivity index (χ0n) is 7.18. The standard InChI is InChI=1S/C8H17N2O/c1-3-5-10(2)8-7-11-6-4-9-8/h8-9H,2-7H2,1H3. The van der Waals surface area contributed by atoms with Gasteiger partial charge < -0.3 is 4.74 Å². The van der Waals surface area contributed by atoms with Gasteiger partial charge in [0.1, 0.15) is 0 Å². The molecule has 1 N–H and O–H groups in total. The minimum Gasteiger partial charge on any atom is -0.377 e. The van der Waals surface area contributed by atoms with Crippen molar-refractivity contribution in [2.75, 3.05) is 26.3 Å². The Balaban J connectivity index is 2.21. The monoisotopic (exact) mass is 157 g/mol. The molecule has 3 heteroatoms. The Hall–Kier alpha value is -0.120. The molecule has 3 nitrogen and oxygen atoms in total. The highest BCUT2D eigenvalue weighted by molar-refractivity contribution is 4.71. The largest absolute Gasteiger partial charge is 0.377 e. The van der Waals surface area contributed by atoms with Gasteiger partial charge in [0.2, 0.25) is 0 Å². The van der Waals surface area contributed by atoms with E-state index in [-0.39, 0.29) is 0 Å². The maximum absolute atomic E-state index is 5.31. The summed E-state index contributed by atoms with van der Waals surface area (Å²) in [6.45, 7) is 5.73. The van der Waals surface area contributed by atoms with Crippen LogP contribution in [0.25, 0.3) is 0 Å². The maximum atomic E-state index is 5.31. The lowest BCUT2D eigenvalue weighted by atomic mass is 10.3. The number of hydrogen-bond acceptors (Lipinski definition) is 3. The van der Waals surface area contributed by atoms with Gasteiger partial charge in [-0.15, -0.1) is 0 Å². The molecule has 1 saturated heterocycles. The predicted octanol–water partition coefficient (Wildman–Crippen LogP) is 0.436. The Labute approximate surface area is 68.7 Å². The first kappa shape index (κ1) is 8.97. The molecule has 0 spiro atoms. The summed E-state index contributed by atoms with van der Waals surface area (Å²) in [7, 11) is 3.94. The van der Waals surface area contributed by atoms with Crippen LogP contribution in [-0.2, 0) is 4.74 Å². The van der Waals surface area contributed by atoms with Crippen LogP contribution in [0.2, 0.25) is 0 Å². The minimum atomic E-state index is 0.323. The fraction of sp³-hybridized carbons (Fsp3) is 0.875. The lowest BCUT2D eigenvalue weighted by Gasteiger charge is -2.31. The van der Waals surface area contributed by atoms with Crippen LogP contribution in [0, 0.1) is 7.05 Å². The highest BCUT2D eigenvalue weighted by Gasteiger charge is 2.16. The molecule has 0 aromatic carbocycles. The van der Waals surface area contributed by atoms with Crippen LogP contribution in [0.1, 0.15) is 13.3 Å². The molecular formula is C8H17N2O. The first-order chi connectivity index (χ1) is 5.34. The molecule has 1 fully saturated rings. The van der Waals surface area contributed by atoms with Crippen LogP contribution in [0.15, 0.2) is 0 Å². The Morgan fingerprint density at radius 1 is 1.73 bits per heavy atom. The van der Waals surface area contributed by atoms with Gasteiger partial charge in [-0.25, -0.2) is 0 Å². The molecule has 11 heavy (non-hydrogen) atoms. The van der Waals surface area contributed by atoms with Crippen molar-refractivity contribution in [3.05, 3.63) is 7.05 Å². The molecule has 0 saturated carbocycles. The van der Waals surface area contributed by atoms with Gasteiger partial charge in [-0.05, 0) is 13.0 Å². The number of nitrogens with zero attached hydrogens (tertiary/aromatic N) is 1. The third-order valence-electron chi connectivity index (χ3n) is 1.85. The molecule has 1 unspecified atom stereocenters. The summed E-state index contributed by atoms with van der Waals surface area (Å²) in [4.78, 5) is 2.05. The smallest absolute Gasteiger partial charge is 0.0839 e. The minimum absolute atomic E-state index is 0.323. The molecule has 0 amide bonds. The Morgan fingerprint density at radius 3 is 3.09 bits per heavy atom. The highest BCUT2D eigenvalue weighted by Crippen LogP contribution is 1.99. The van der Waals surface area contributed by atoms with Gasteiger partial charge >= 0.3 is 0 Å². The van der Waals surface area contributed by atoms with Gasteiger partial charge in [-0.1, -0.05) is 6.92 Å². The average Bonchev–Trinajstić information content (AvgIpc) is 2.07. The van der Waals surface area contributed by atoms with Crippen molar-refractivity contribution in [1.82, 2.24) is 10.2 Å². The normalized spacial score (nSPS) is 25.9.